The van der Waals surface area contributed by atoms with E-state index in [1.165, 1.54) is 48.6 Å². The van der Waals surface area contributed by atoms with Gasteiger partial charge in [0.05, 0.1) is 23.3 Å². The molecule has 0 saturated heterocycles. The van der Waals surface area contributed by atoms with Crippen LogP contribution >= 0.6 is 0 Å². The fraction of sp³-hybridized carbons (Fsp3) is 0.360. The molecule has 4 aromatic rings. The van der Waals surface area contributed by atoms with Crippen molar-refractivity contribution in [2.24, 2.45) is 0 Å². The molecule has 0 bridgehead atoms. The molecule has 176 valence electrons. The maximum atomic E-state index is 13.6. The molecule has 3 aromatic heterocycles. The zero-order valence-corrected chi connectivity index (χ0v) is 18.9. The van der Waals surface area contributed by atoms with Crippen LogP contribution in [0.25, 0.3) is 11.0 Å². The van der Waals surface area contributed by atoms with Gasteiger partial charge in [-0.25, -0.2) is 14.4 Å². The van der Waals surface area contributed by atoms with Gasteiger partial charge in [-0.05, 0) is 55.0 Å². The highest BCUT2D eigenvalue weighted by Gasteiger charge is 2.16. The number of nitrogens with one attached hydrogen (secondary N) is 3. The Balaban J connectivity index is 1.06. The monoisotopic (exact) mass is 462 g/mol. The first-order valence-electron chi connectivity index (χ1n) is 11.7. The van der Waals surface area contributed by atoms with Crippen molar-refractivity contribution in [3.05, 3.63) is 76.8 Å². The number of pyridine rings is 1. The Morgan fingerprint density at radius 1 is 1.12 bits per heavy atom. The van der Waals surface area contributed by atoms with Crippen molar-refractivity contribution in [2.75, 3.05) is 13.1 Å². The summed E-state index contributed by atoms with van der Waals surface area (Å²) < 4.78 is 19.0. The maximum absolute atomic E-state index is 13.6. The number of nitrogens with zero attached hydrogens (tertiary/aromatic N) is 3. The van der Waals surface area contributed by atoms with Crippen LogP contribution in [0.2, 0.25) is 0 Å². The first kappa shape index (κ1) is 22.2. The number of fused-ring (bicyclic) bond motifs is 3. The minimum atomic E-state index is -0.461. The fourth-order valence-electron chi connectivity index (χ4n) is 4.33. The summed E-state index contributed by atoms with van der Waals surface area (Å²) >= 11 is 0. The average Bonchev–Trinajstić information content (AvgIpc) is 3.50. The first-order chi connectivity index (χ1) is 16.7. The topological polar surface area (TPSA) is 109 Å². The van der Waals surface area contributed by atoms with Crippen LogP contribution < -0.4 is 10.6 Å². The van der Waals surface area contributed by atoms with Crippen LogP contribution in [0.1, 0.15) is 51.9 Å². The Bertz CT molecular complexity index is 1300. The summed E-state index contributed by atoms with van der Waals surface area (Å²) in [6, 6.07) is 7.18. The van der Waals surface area contributed by atoms with Gasteiger partial charge in [0, 0.05) is 32.1 Å². The van der Waals surface area contributed by atoms with E-state index in [4.69, 9.17) is 9.40 Å². The van der Waals surface area contributed by atoms with Crippen LogP contribution in [0.3, 0.4) is 0 Å². The molecule has 0 radical (unpaired) electrons. The highest BCUT2D eigenvalue weighted by atomic mass is 19.1. The number of aromatic amines is 1. The quantitative estimate of drug-likeness (QED) is 0.330. The standard InChI is InChI=1S/C25H27FN6O2/c26-18-6-3-11-28-20(18)14-29-25(33)21-15-34-23(31-21)10-13-27-12-9-22-30-19-8-7-16-4-1-2-5-17(16)24(19)32-22/h3,6-8,11,15,27H,1-2,4-5,9-10,12-14H2,(H,29,33)(H,30,32). The number of benzene rings is 1. The number of hydrogen-bond acceptors (Lipinski definition) is 6. The lowest BCUT2D eigenvalue weighted by Crippen LogP contribution is -2.24. The Kier molecular flexibility index (Phi) is 6.62. The van der Waals surface area contributed by atoms with E-state index in [-0.39, 0.29) is 17.9 Å². The number of aromatic nitrogens is 4. The summed E-state index contributed by atoms with van der Waals surface area (Å²) in [5.41, 5.74) is 5.44. The molecule has 0 aliphatic heterocycles. The maximum Gasteiger partial charge on any atom is 0.273 e. The predicted molar refractivity (Wildman–Crippen MR) is 125 cm³/mol. The molecule has 0 saturated carbocycles. The lowest BCUT2D eigenvalue weighted by atomic mass is 9.91. The van der Waals surface area contributed by atoms with Crippen molar-refractivity contribution in [3.8, 4) is 0 Å². The van der Waals surface area contributed by atoms with E-state index in [0.29, 0.717) is 18.9 Å². The Hall–Kier alpha value is -3.59. The van der Waals surface area contributed by atoms with Gasteiger partial charge in [-0.3, -0.25) is 9.78 Å². The van der Waals surface area contributed by atoms with Gasteiger partial charge in [0.1, 0.15) is 17.9 Å². The summed E-state index contributed by atoms with van der Waals surface area (Å²) in [4.78, 5) is 28.7. The molecule has 0 unspecified atom stereocenters. The van der Waals surface area contributed by atoms with E-state index >= 15 is 0 Å². The average molecular weight is 463 g/mol. The van der Waals surface area contributed by atoms with Crippen LogP contribution in [-0.4, -0.2) is 38.9 Å². The number of hydrogen-bond donors (Lipinski definition) is 3. The van der Waals surface area contributed by atoms with Gasteiger partial charge in [0.15, 0.2) is 11.6 Å². The molecule has 1 aliphatic rings. The molecule has 1 aromatic carbocycles. The second-order valence-electron chi connectivity index (χ2n) is 8.48. The predicted octanol–water partition coefficient (Wildman–Crippen LogP) is 3.27. The normalized spacial score (nSPS) is 13.2. The van der Waals surface area contributed by atoms with Crippen molar-refractivity contribution in [3.63, 3.8) is 0 Å². The van der Waals surface area contributed by atoms with Gasteiger partial charge in [-0.2, -0.15) is 0 Å². The number of aryl methyl sites for hydroxylation is 2. The number of amides is 1. The highest BCUT2D eigenvalue weighted by molar-refractivity contribution is 5.91. The molecule has 5 rings (SSSR count). The highest BCUT2D eigenvalue weighted by Crippen LogP contribution is 2.27. The first-order valence-corrected chi connectivity index (χ1v) is 11.7. The molecule has 3 N–H and O–H groups in total. The minimum absolute atomic E-state index is 0.0140. The number of carbonyl (C=O) groups excluding carboxylic acids is 1. The molecule has 8 nitrogen and oxygen atoms in total. The van der Waals surface area contributed by atoms with Gasteiger partial charge in [0.25, 0.3) is 5.91 Å². The molecule has 34 heavy (non-hydrogen) atoms. The van der Waals surface area contributed by atoms with E-state index in [1.807, 2.05) is 0 Å². The minimum Gasteiger partial charge on any atom is -0.448 e. The van der Waals surface area contributed by atoms with E-state index in [2.05, 4.69) is 37.7 Å². The number of oxazole rings is 1. The largest absolute Gasteiger partial charge is 0.448 e. The fourth-order valence-corrected chi connectivity index (χ4v) is 4.33. The molecule has 0 spiro atoms. The summed E-state index contributed by atoms with van der Waals surface area (Å²) in [6.45, 7) is 1.42. The van der Waals surface area contributed by atoms with Crippen LogP contribution in [-0.2, 0) is 32.2 Å². The molecule has 0 atom stereocenters. The number of halogens is 1. The van der Waals surface area contributed by atoms with Crippen molar-refractivity contribution in [1.82, 2.24) is 30.6 Å². The van der Waals surface area contributed by atoms with Crippen molar-refractivity contribution >= 4 is 16.9 Å². The van der Waals surface area contributed by atoms with Crippen molar-refractivity contribution in [1.29, 1.82) is 0 Å². The SMILES string of the molecule is O=C(NCc1ncccc1F)c1coc(CCNCCc2nc3c4c(ccc3[nH]2)CCCC4)n1. The van der Waals surface area contributed by atoms with Gasteiger partial charge in [-0.15, -0.1) is 0 Å². The molecule has 0 fully saturated rings. The van der Waals surface area contributed by atoms with Crippen molar-refractivity contribution in [2.45, 2.75) is 45.1 Å². The van der Waals surface area contributed by atoms with Crippen molar-refractivity contribution < 1.29 is 13.6 Å². The van der Waals surface area contributed by atoms with Crippen LogP contribution in [0.5, 0.6) is 0 Å². The number of rotatable bonds is 9. The van der Waals surface area contributed by atoms with E-state index in [1.54, 1.807) is 0 Å². The van der Waals surface area contributed by atoms with Crippen LogP contribution in [0.4, 0.5) is 4.39 Å². The lowest BCUT2D eigenvalue weighted by Gasteiger charge is -2.15. The van der Waals surface area contributed by atoms with E-state index in [9.17, 15) is 9.18 Å². The van der Waals surface area contributed by atoms with Crippen LogP contribution in [0, 0.1) is 5.82 Å². The van der Waals surface area contributed by atoms with Crippen LogP contribution in [0.15, 0.2) is 41.1 Å². The molecule has 1 amide bonds. The second kappa shape index (κ2) is 10.1. The van der Waals surface area contributed by atoms with Gasteiger partial charge in [-0.1, -0.05) is 6.07 Å². The smallest absolute Gasteiger partial charge is 0.273 e. The van der Waals surface area contributed by atoms with Gasteiger partial charge in [0.2, 0.25) is 0 Å². The molecule has 9 heteroatoms. The third-order valence-electron chi connectivity index (χ3n) is 6.12. The summed E-state index contributed by atoms with van der Waals surface area (Å²) in [7, 11) is 0. The summed E-state index contributed by atoms with van der Waals surface area (Å²) in [5, 5.41) is 5.97. The Morgan fingerprint density at radius 3 is 2.91 bits per heavy atom. The number of carbonyl (C=O) groups is 1. The van der Waals surface area contributed by atoms with E-state index in [0.717, 1.165) is 42.7 Å². The lowest BCUT2D eigenvalue weighted by molar-refractivity contribution is 0.0945. The Labute approximate surface area is 196 Å². The summed E-state index contributed by atoms with van der Waals surface area (Å²) in [5.74, 6) is 0.565. The third-order valence-corrected chi connectivity index (χ3v) is 6.12. The zero-order valence-electron chi connectivity index (χ0n) is 18.9. The van der Waals surface area contributed by atoms with E-state index < -0.39 is 11.7 Å². The number of H-pyrrole nitrogens is 1. The van der Waals surface area contributed by atoms with Gasteiger partial charge < -0.3 is 20.0 Å². The molecule has 1 aliphatic carbocycles. The third kappa shape index (κ3) is 4.99. The van der Waals surface area contributed by atoms with Gasteiger partial charge >= 0.3 is 0 Å². The zero-order chi connectivity index (χ0) is 23.3. The molecular formula is C25H27FN6O2. The second-order valence-corrected chi connectivity index (χ2v) is 8.48. The molecular weight excluding hydrogens is 435 g/mol. The Morgan fingerprint density at radius 2 is 2.00 bits per heavy atom. The number of imidazole rings is 1. The molecule has 3 heterocycles. The summed E-state index contributed by atoms with van der Waals surface area (Å²) in [6.07, 6.45) is 8.92.